The van der Waals surface area contributed by atoms with E-state index in [2.05, 4.69) is 4.90 Å². The maximum atomic E-state index is 13.8. The van der Waals surface area contributed by atoms with Crippen molar-refractivity contribution in [2.45, 2.75) is 32.9 Å². The number of benzene rings is 1. The lowest BCUT2D eigenvalue weighted by Gasteiger charge is -2.30. The van der Waals surface area contributed by atoms with E-state index in [1.54, 1.807) is 10.6 Å². The summed E-state index contributed by atoms with van der Waals surface area (Å²) in [7, 11) is 3.90. The zero-order valence-corrected chi connectivity index (χ0v) is 17.5. The average molecular weight is 403 g/mol. The number of pyridine rings is 1. The largest absolute Gasteiger partial charge is 0.466 e. The van der Waals surface area contributed by atoms with E-state index in [1.807, 2.05) is 32.0 Å². The summed E-state index contributed by atoms with van der Waals surface area (Å²) < 4.78 is 20.6. The molecule has 0 amide bonds. The lowest BCUT2D eigenvalue weighted by Crippen LogP contribution is -2.38. The van der Waals surface area contributed by atoms with Gasteiger partial charge in [-0.1, -0.05) is 0 Å². The van der Waals surface area contributed by atoms with Gasteiger partial charge in [0.15, 0.2) is 0 Å². The third-order valence-corrected chi connectivity index (χ3v) is 5.51. The molecule has 0 aliphatic carbocycles. The van der Waals surface area contributed by atoms with Crippen molar-refractivity contribution in [1.82, 2.24) is 14.4 Å². The number of ether oxygens (including phenoxy) is 1. The number of carbonyl (C=O) groups excluding carboxylic acids is 1. The van der Waals surface area contributed by atoms with Crippen LogP contribution in [0.3, 0.4) is 0 Å². The Balaban J connectivity index is 1.81. The van der Waals surface area contributed by atoms with Crippen molar-refractivity contribution < 1.29 is 13.9 Å². The van der Waals surface area contributed by atoms with E-state index in [9.17, 15) is 14.0 Å². The van der Waals surface area contributed by atoms with Crippen molar-refractivity contribution >= 4 is 16.9 Å². The highest BCUT2D eigenvalue weighted by molar-refractivity contribution is 5.79. The molecule has 7 heteroatoms. The molecule has 3 rings (SSSR count). The van der Waals surface area contributed by atoms with Crippen LogP contribution in [-0.2, 0) is 22.6 Å². The van der Waals surface area contributed by atoms with Crippen LogP contribution in [0.25, 0.3) is 10.9 Å². The first-order chi connectivity index (χ1) is 13.9. The Morgan fingerprint density at radius 2 is 1.97 bits per heavy atom. The number of aromatic nitrogens is 1. The minimum absolute atomic E-state index is 0.0532. The third-order valence-electron chi connectivity index (χ3n) is 5.51. The molecule has 1 aliphatic rings. The molecule has 158 valence electrons. The van der Waals surface area contributed by atoms with Crippen LogP contribution in [0.1, 0.15) is 25.3 Å². The van der Waals surface area contributed by atoms with E-state index in [0.717, 1.165) is 31.3 Å². The van der Waals surface area contributed by atoms with Gasteiger partial charge in [-0.3, -0.25) is 14.5 Å². The molecule has 1 saturated heterocycles. The number of esters is 1. The van der Waals surface area contributed by atoms with Crippen LogP contribution in [0, 0.1) is 11.7 Å². The molecule has 1 aliphatic heterocycles. The molecule has 1 aromatic carbocycles. The standard InChI is InChI=1S/C22H30FN3O3/c1-4-29-22(28)16-7-9-25(10-8-16)15-18-13-17-5-6-19(23)14-20(17)26(21(18)27)12-11-24(2)3/h5-6,13-14,16H,4,7-12,15H2,1-3H3. The van der Waals surface area contributed by atoms with Crippen molar-refractivity contribution in [3.63, 3.8) is 0 Å². The maximum absolute atomic E-state index is 13.8. The van der Waals surface area contributed by atoms with E-state index in [1.165, 1.54) is 12.1 Å². The molecular formula is C22H30FN3O3. The molecule has 0 unspecified atom stereocenters. The molecule has 0 spiro atoms. The van der Waals surface area contributed by atoms with Crippen LogP contribution in [0.4, 0.5) is 4.39 Å². The number of nitrogens with zero attached hydrogens (tertiary/aromatic N) is 3. The van der Waals surface area contributed by atoms with Crippen LogP contribution < -0.4 is 5.56 Å². The van der Waals surface area contributed by atoms with E-state index in [0.29, 0.717) is 37.3 Å². The fraction of sp³-hybridized carbons (Fsp3) is 0.545. The zero-order valence-electron chi connectivity index (χ0n) is 17.5. The van der Waals surface area contributed by atoms with Gasteiger partial charge in [0.25, 0.3) is 5.56 Å². The number of fused-ring (bicyclic) bond motifs is 1. The van der Waals surface area contributed by atoms with Crippen LogP contribution in [-0.4, -0.2) is 60.7 Å². The van der Waals surface area contributed by atoms with Gasteiger partial charge in [0, 0.05) is 25.2 Å². The Morgan fingerprint density at radius 1 is 1.24 bits per heavy atom. The van der Waals surface area contributed by atoms with Crippen LogP contribution in [0.2, 0.25) is 0 Å². The molecule has 0 N–H and O–H groups in total. The van der Waals surface area contributed by atoms with Gasteiger partial charge >= 0.3 is 5.97 Å². The second-order valence-electron chi connectivity index (χ2n) is 7.94. The third kappa shape index (κ3) is 5.22. The monoisotopic (exact) mass is 403 g/mol. The topological polar surface area (TPSA) is 54.8 Å². The fourth-order valence-electron chi connectivity index (χ4n) is 3.87. The molecule has 1 aromatic heterocycles. The first kappa shape index (κ1) is 21.5. The second kappa shape index (κ2) is 9.50. The molecule has 2 aromatic rings. The van der Waals surface area contributed by atoms with Crippen LogP contribution in [0.15, 0.2) is 29.1 Å². The number of hydrogen-bond donors (Lipinski definition) is 0. The van der Waals surface area contributed by atoms with Crippen molar-refractivity contribution in [1.29, 1.82) is 0 Å². The lowest BCUT2D eigenvalue weighted by atomic mass is 9.96. The minimum atomic E-state index is -0.343. The number of likely N-dealkylation sites (N-methyl/N-ethyl adjacent to an activating group) is 1. The van der Waals surface area contributed by atoms with Crippen molar-refractivity contribution in [2.75, 3.05) is 40.3 Å². The van der Waals surface area contributed by atoms with Crippen molar-refractivity contribution in [3.8, 4) is 0 Å². The summed E-state index contributed by atoms with van der Waals surface area (Å²) in [6, 6.07) is 6.46. The lowest BCUT2D eigenvalue weighted by molar-refractivity contribution is -0.149. The van der Waals surface area contributed by atoms with Gasteiger partial charge in [-0.2, -0.15) is 0 Å². The predicted molar refractivity (Wildman–Crippen MR) is 111 cm³/mol. The molecule has 29 heavy (non-hydrogen) atoms. The highest BCUT2D eigenvalue weighted by atomic mass is 19.1. The number of likely N-dealkylation sites (tertiary alicyclic amines) is 1. The first-order valence-corrected chi connectivity index (χ1v) is 10.2. The summed E-state index contributed by atoms with van der Waals surface area (Å²) >= 11 is 0. The first-order valence-electron chi connectivity index (χ1n) is 10.2. The quantitative estimate of drug-likeness (QED) is 0.665. The maximum Gasteiger partial charge on any atom is 0.309 e. The second-order valence-corrected chi connectivity index (χ2v) is 7.94. The molecule has 2 heterocycles. The smallest absolute Gasteiger partial charge is 0.309 e. The van der Waals surface area contributed by atoms with E-state index in [-0.39, 0.29) is 23.3 Å². The normalized spacial score (nSPS) is 15.9. The molecular weight excluding hydrogens is 373 g/mol. The van der Waals surface area contributed by atoms with Gasteiger partial charge in [-0.25, -0.2) is 4.39 Å². The van der Waals surface area contributed by atoms with Gasteiger partial charge in [0.2, 0.25) is 0 Å². The Hall–Kier alpha value is -2.25. The van der Waals surface area contributed by atoms with Gasteiger partial charge in [-0.15, -0.1) is 0 Å². The van der Waals surface area contributed by atoms with Gasteiger partial charge in [-0.05, 0) is 76.6 Å². The molecule has 1 fully saturated rings. The van der Waals surface area contributed by atoms with Crippen LogP contribution >= 0.6 is 0 Å². The molecule has 0 atom stereocenters. The molecule has 6 nitrogen and oxygen atoms in total. The highest BCUT2D eigenvalue weighted by Gasteiger charge is 2.26. The average Bonchev–Trinajstić information content (AvgIpc) is 2.69. The zero-order chi connectivity index (χ0) is 21.0. The predicted octanol–water partition coefficient (Wildman–Crippen LogP) is 2.48. The molecule has 0 saturated carbocycles. The van der Waals surface area contributed by atoms with E-state index >= 15 is 0 Å². The van der Waals surface area contributed by atoms with E-state index in [4.69, 9.17) is 4.74 Å². The number of rotatable bonds is 7. The van der Waals surface area contributed by atoms with Crippen molar-refractivity contribution in [3.05, 3.63) is 46.0 Å². The summed E-state index contributed by atoms with van der Waals surface area (Å²) in [5.41, 5.74) is 1.26. The summed E-state index contributed by atoms with van der Waals surface area (Å²) in [6.07, 6.45) is 1.49. The highest BCUT2D eigenvalue weighted by Crippen LogP contribution is 2.21. The van der Waals surface area contributed by atoms with Gasteiger partial charge in [0.1, 0.15) is 5.82 Å². The number of hydrogen-bond acceptors (Lipinski definition) is 5. The number of piperidine rings is 1. The minimum Gasteiger partial charge on any atom is -0.466 e. The Morgan fingerprint density at radius 3 is 2.62 bits per heavy atom. The summed E-state index contributed by atoms with van der Waals surface area (Å²) in [6.45, 7) is 5.46. The van der Waals surface area contributed by atoms with Crippen LogP contribution in [0.5, 0.6) is 0 Å². The summed E-state index contributed by atoms with van der Waals surface area (Å²) in [5.74, 6) is -0.516. The Bertz CT molecular complexity index is 917. The van der Waals surface area contributed by atoms with Gasteiger partial charge in [0.05, 0.1) is 18.0 Å². The Labute approximate surface area is 170 Å². The molecule has 0 radical (unpaired) electrons. The number of halogens is 1. The van der Waals surface area contributed by atoms with E-state index < -0.39 is 0 Å². The summed E-state index contributed by atoms with van der Waals surface area (Å²) in [4.78, 5) is 29.3. The van der Waals surface area contributed by atoms with Gasteiger partial charge < -0.3 is 14.2 Å². The number of carbonyl (C=O) groups is 1. The van der Waals surface area contributed by atoms with Crippen molar-refractivity contribution in [2.24, 2.45) is 5.92 Å². The SMILES string of the molecule is CCOC(=O)C1CCN(Cc2cc3ccc(F)cc3n(CCN(C)C)c2=O)CC1. The summed E-state index contributed by atoms with van der Waals surface area (Å²) in [5, 5.41) is 0.862. The Kier molecular flexibility index (Phi) is 7.03. The fourth-order valence-corrected chi connectivity index (χ4v) is 3.87. The molecule has 0 bridgehead atoms.